The number of benzene rings is 1. The molecule has 0 bridgehead atoms. The van der Waals surface area contributed by atoms with Gasteiger partial charge in [0, 0.05) is 11.4 Å². The fraction of sp³-hybridized carbons (Fsp3) is 0.286. The lowest BCUT2D eigenvalue weighted by Gasteiger charge is -2.14. The van der Waals surface area contributed by atoms with Gasteiger partial charge in [-0.2, -0.15) is 0 Å². The number of thiophene rings is 1. The highest BCUT2D eigenvalue weighted by Gasteiger charge is 2.12. The molecule has 0 amide bonds. The molecule has 0 aliphatic carbocycles. The van der Waals surface area contributed by atoms with Crippen molar-refractivity contribution in [1.82, 2.24) is 0 Å². The second-order valence-electron chi connectivity index (χ2n) is 4.04. The first-order valence-corrected chi connectivity index (χ1v) is 8.56. The third-order valence-electron chi connectivity index (χ3n) is 2.59. The molecule has 1 aromatic carbocycles. The summed E-state index contributed by atoms with van der Waals surface area (Å²) in [5.41, 5.74) is 6.69. The summed E-state index contributed by atoms with van der Waals surface area (Å²) in [6, 6.07) is 7.94. The van der Waals surface area contributed by atoms with E-state index >= 15 is 0 Å². The molecule has 3 nitrogen and oxygen atoms in total. The van der Waals surface area contributed by atoms with E-state index in [-0.39, 0.29) is 0 Å². The summed E-state index contributed by atoms with van der Waals surface area (Å²) < 4.78 is 13.5. The Hall–Kier alpha value is -0.560. The molecule has 2 rings (SSSR count). The molecule has 2 N–H and O–H groups in total. The third-order valence-corrected chi connectivity index (χ3v) is 4.78. The maximum Gasteiger partial charge on any atom is 0.175 e. The molecular weight excluding hydrogens is 406 g/mol. The number of halogens is 2. The van der Waals surface area contributed by atoms with E-state index in [4.69, 9.17) is 15.2 Å². The molecule has 2 aromatic rings. The molecule has 0 saturated heterocycles. The number of ether oxygens (including phenoxy) is 2. The van der Waals surface area contributed by atoms with E-state index in [0.717, 1.165) is 24.4 Å². The predicted molar refractivity (Wildman–Crippen MR) is 89.6 cm³/mol. The van der Waals surface area contributed by atoms with Crippen LogP contribution in [0.3, 0.4) is 0 Å². The molecular formula is C14H15Br2NO2S. The Morgan fingerprint density at radius 2 is 2.00 bits per heavy atom. The minimum absolute atomic E-state index is 0.469. The lowest BCUT2D eigenvalue weighted by Crippen LogP contribution is -2.02. The second kappa shape index (κ2) is 7.45. The zero-order valence-corrected chi connectivity index (χ0v) is 15.0. The normalized spacial score (nSPS) is 10.6. The van der Waals surface area contributed by atoms with E-state index < -0.39 is 0 Å². The second-order valence-corrected chi connectivity index (χ2v) is 7.44. The monoisotopic (exact) mass is 419 g/mol. The molecule has 6 heteroatoms. The molecule has 1 aromatic heterocycles. The quantitative estimate of drug-likeness (QED) is 0.735. The first-order valence-electron chi connectivity index (χ1n) is 6.16. The zero-order chi connectivity index (χ0) is 14.5. The van der Waals surface area contributed by atoms with Gasteiger partial charge in [-0.1, -0.05) is 0 Å². The molecule has 0 aliphatic heterocycles. The van der Waals surface area contributed by atoms with Crippen LogP contribution in [0.4, 0.5) is 0 Å². The van der Waals surface area contributed by atoms with Gasteiger partial charge in [-0.25, -0.2) is 0 Å². The topological polar surface area (TPSA) is 44.5 Å². The van der Waals surface area contributed by atoms with Gasteiger partial charge >= 0.3 is 0 Å². The average Bonchev–Trinajstić information content (AvgIpc) is 2.83. The van der Waals surface area contributed by atoms with Gasteiger partial charge in [-0.15, -0.1) is 11.3 Å². The maximum atomic E-state index is 5.90. The summed E-state index contributed by atoms with van der Waals surface area (Å²) in [6.07, 6.45) is 0. The van der Waals surface area contributed by atoms with Crippen LogP contribution in [0.1, 0.15) is 17.4 Å². The fourth-order valence-electron chi connectivity index (χ4n) is 1.71. The summed E-state index contributed by atoms with van der Waals surface area (Å²) in [6.45, 7) is 3.51. The molecule has 0 radical (unpaired) electrons. The number of hydrogen-bond acceptors (Lipinski definition) is 4. The summed E-state index contributed by atoms with van der Waals surface area (Å²) >= 11 is 8.62. The Labute approximate surface area is 139 Å². The van der Waals surface area contributed by atoms with E-state index in [1.54, 1.807) is 11.3 Å². The summed E-state index contributed by atoms with van der Waals surface area (Å²) in [4.78, 5) is 1.15. The smallest absolute Gasteiger partial charge is 0.175 e. The van der Waals surface area contributed by atoms with Crippen molar-refractivity contribution in [3.8, 4) is 11.5 Å². The molecule has 0 saturated carbocycles. The van der Waals surface area contributed by atoms with Gasteiger partial charge in [0.05, 0.1) is 14.9 Å². The van der Waals surface area contributed by atoms with Crippen molar-refractivity contribution in [3.05, 3.63) is 43.0 Å². The van der Waals surface area contributed by atoms with Crippen molar-refractivity contribution in [2.24, 2.45) is 5.73 Å². The van der Waals surface area contributed by atoms with E-state index in [1.165, 1.54) is 0 Å². The Morgan fingerprint density at radius 3 is 2.60 bits per heavy atom. The van der Waals surface area contributed by atoms with Crippen molar-refractivity contribution in [2.45, 2.75) is 20.1 Å². The van der Waals surface area contributed by atoms with E-state index in [9.17, 15) is 0 Å². The Morgan fingerprint density at radius 1 is 1.20 bits per heavy atom. The third kappa shape index (κ3) is 3.97. The molecule has 0 atom stereocenters. The SMILES string of the molecule is CCOc1cc(CN)cc(Br)c1OCc1ccc(Br)s1. The lowest BCUT2D eigenvalue weighted by atomic mass is 10.2. The van der Waals surface area contributed by atoms with Crippen molar-refractivity contribution < 1.29 is 9.47 Å². The Balaban J connectivity index is 2.20. The van der Waals surface area contributed by atoms with Crippen LogP contribution >= 0.6 is 43.2 Å². The van der Waals surface area contributed by atoms with Crippen LogP contribution in [0, 0.1) is 0 Å². The minimum Gasteiger partial charge on any atom is -0.490 e. The molecule has 0 spiro atoms. The first-order chi connectivity index (χ1) is 9.63. The van der Waals surface area contributed by atoms with Gasteiger partial charge in [0.15, 0.2) is 11.5 Å². The van der Waals surface area contributed by atoms with E-state index in [2.05, 4.69) is 31.9 Å². The predicted octanol–water partition coefficient (Wildman–Crippen LogP) is 4.71. The van der Waals surface area contributed by atoms with Crippen molar-refractivity contribution >= 4 is 43.2 Å². The molecule has 0 fully saturated rings. The number of nitrogens with two attached hydrogens (primary N) is 1. The summed E-state index contributed by atoms with van der Waals surface area (Å²) in [5.74, 6) is 1.44. The van der Waals surface area contributed by atoms with Gasteiger partial charge in [0.1, 0.15) is 6.61 Å². The number of rotatable bonds is 6. The van der Waals surface area contributed by atoms with Crippen molar-refractivity contribution in [1.29, 1.82) is 0 Å². The number of hydrogen-bond donors (Lipinski definition) is 1. The van der Waals surface area contributed by atoms with Crippen molar-refractivity contribution in [2.75, 3.05) is 6.61 Å². The lowest BCUT2D eigenvalue weighted by molar-refractivity contribution is 0.269. The van der Waals surface area contributed by atoms with Crippen LogP contribution in [-0.4, -0.2) is 6.61 Å². The largest absolute Gasteiger partial charge is 0.490 e. The van der Waals surface area contributed by atoms with E-state index in [1.807, 2.05) is 31.2 Å². The molecule has 0 unspecified atom stereocenters. The standard InChI is InChI=1S/C14H15Br2NO2S/c1-2-18-12-6-9(7-17)5-11(15)14(12)19-8-10-3-4-13(16)20-10/h3-6H,2,7-8,17H2,1H3. The van der Waals surface area contributed by atoms with Crippen molar-refractivity contribution in [3.63, 3.8) is 0 Å². The van der Waals surface area contributed by atoms with Gasteiger partial charge < -0.3 is 15.2 Å². The molecule has 108 valence electrons. The Kier molecular flexibility index (Phi) is 5.89. The molecule has 20 heavy (non-hydrogen) atoms. The fourth-order valence-corrected chi connectivity index (χ4v) is 3.72. The van der Waals surface area contributed by atoms with Crippen LogP contribution in [0.25, 0.3) is 0 Å². The van der Waals surface area contributed by atoms with Gasteiger partial charge in [0.2, 0.25) is 0 Å². The van der Waals surface area contributed by atoms with Gasteiger partial charge in [-0.05, 0) is 68.6 Å². The highest BCUT2D eigenvalue weighted by Crippen LogP contribution is 2.37. The highest BCUT2D eigenvalue weighted by atomic mass is 79.9. The molecule has 1 heterocycles. The van der Waals surface area contributed by atoms with Crippen LogP contribution in [0.15, 0.2) is 32.5 Å². The Bertz CT molecular complexity index is 587. The molecule has 0 aliphatic rings. The first kappa shape index (κ1) is 15.8. The van der Waals surface area contributed by atoms with Crippen LogP contribution < -0.4 is 15.2 Å². The summed E-state index contributed by atoms with van der Waals surface area (Å²) in [5, 5.41) is 0. The van der Waals surface area contributed by atoms with Crippen LogP contribution in [0.5, 0.6) is 11.5 Å². The van der Waals surface area contributed by atoms with Crippen LogP contribution in [-0.2, 0) is 13.2 Å². The van der Waals surface area contributed by atoms with E-state index in [0.29, 0.717) is 25.5 Å². The van der Waals surface area contributed by atoms with Crippen LogP contribution in [0.2, 0.25) is 0 Å². The summed E-state index contributed by atoms with van der Waals surface area (Å²) in [7, 11) is 0. The maximum absolute atomic E-state index is 5.90. The average molecular weight is 421 g/mol. The van der Waals surface area contributed by atoms with Gasteiger partial charge in [0.25, 0.3) is 0 Å². The van der Waals surface area contributed by atoms with Gasteiger partial charge in [-0.3, -0.25) is 0 Å². The highest BCUT2D eigenvalue weighted by molar-refractivity contribution is 9.11. The minimum atomic E-state index is 0.469. The zero-order valence-electron chi connectivity index (χ0n) is 11.0.